The molecule has 0 saturated heterocycles. The van der Waals surface area contributed by atoms with E-state index in [2.05, 4.69) is 15.0 Å². The summed E-state index contributed by atoms with van der Waals surface area (Å²) < 4.78 is 4.47. The molecule has 0 spiro atoms. The molecule has 0 unspecified atom stereocenters. The number of aliphatic carboxylic acids is 1. The van der Waals surface area contributed by atoms with Crippen LogP contribution in [0.15, 0.2) is 6.07 Å². The number of aromatic nitrogens is 1. The van der Waals surface area contributed by atoms with Gasteiger partial charge in [0.1, 0.15) is 11.6 Å². The SMILES string of the molecule is COC(=O)c1cc(C)nc(N[C@H](C)C(=O)O)c1[N+](=O)[O-]. The second-order valence-electron chi connectivity index (χ2n) is 3.96. The highest BCUT2D eigenvalue weighted by Gasteiger charge is 2.29. The molecule has 108 valence electrons. The number of aryl methyl sites for hydroxylation is 1. The second-order valence-corrected chi connectivity index (χ2v) is 3.96. The predicted octanol–water partition coefficient (Wildman–Crippen LogP) is 0.970. The van der Waals surface area contributed by atoms with E-state index in [4.69, 9.17) is 5.11 Å². The van der Waals surface area contributed by atoms with Gasteiger partial charge < -0.3 is 15.2 Å². The molecular weight excluding hydrogens is 270 g/mol. The maximum absolute atomic E-state index is 11.6. The Balaban J connectivity index is 3.42. The Morgan fingerprint density at radius 2 is 2.15 bits per heavy atom. The first-order valence-corrected chi connectivity index (χ1v) is 5.51. The van der Waals surface area contributed by atoms with Crippen LogP contribution in [0.1, 0.15) is 23.0 Å². The van der Waals surface area contributed by atoms with Crippen molar-refractivity contribution >= 4 is 23.4 Å². The summed E-state index contributed by atoms with van der Waals surface area (Å²) in [5.41, 5.74) is -0.586. The number of carboxylic acids is 1. The first-order chi connectivity index (χ1) is 9.27. The summed E-state index contributed by atoms with van der Waals surface area (Å²) >= 11 is 0. The molecule has 0 radical (unpaired) electrons. The van der Waals surface area contributed by atoms with Crippen molar-refractivity contribution in [1.29, 1.82) is 0 Å². The Kier molecular flexibility index (Phi) is 4.57. The topological polar surface area (TPSA) is 132 Å². The minimum atomic E-state index is -1.21. The maximum Gasteiger partial charge on any atom is 0.345 e. The van der Waals surface area contributed by atoms with E-state index in [0.29, 0.717) is 5.69 Å². The van der Waals surface area contributed by atoms with Crippen molar-refractivity contribution in [3.63, 3.8) is 0 Å². The fourth-order valence-corrected chi connectivity index (χ4v) is 1.48. The average molecular weight is 283 g/mol. The van der Waals surface area contributed by atoms with Gasteiger partial charge in [0.05, 0.1) is 12.0 Å². The van der Waals surface area contributed by atoms with Crippen LogP contribution in [-0.2, 0) is 9.53 Å². The first-order valence-electron chi connectivity index (χ1n) is 5.51. The van der Waals surface area contributed by atoms with Crippen molar-refractivity contribution in [2.75, 3.05) is 12.4 Å². The highest BCUT2D eigenvalue weighted by Crippen LogP contribution is 2.28. The quantitative estimate of drug-likeness (QED) is 0.464. The molecule has 20 heavy (non-hydrogen) atoms. The molecule has 0 fully saturated rings. The normalized spacial score (nSPS) is 11.6. The molecule has 0 bridgehead atoms. The minimum absolute atomic E-state index is 0.287. The summed E-state index contributed by atoms with van der Waals surface area (Å²) in [4.78, 5) is 36.5. The van der Waals surface area contributed by atoms with Crippen LogP contribution in [0.25, 0.3) is 0 Å². The van der Waals surface area contributed by atoms with Crippen LogP contribution in [0, 0.1) is 17.0 Å². The number of hydrogen-bond acceptors (Lipinski definition) is 7. The number of methoxy groups -OCH3 is 1. The average Bonchev–Trinajstić information content (AvgIpc) is 2.36. The molecule has 0 aliphatic carbocycles. The lowest BCUT2D eigenvalue weighted by Crippen LogP contribution is -2.27. The number of carbonyl (C=O) groups is 2. The van der Waals surface area contributed by atoms with Crippen molar-refractivity contribution in [2.24, 2.45) is 0 Å². The van der Waals surface area contributed by atoms with Crippen molar-refractivity contribution in [2.45, 2.75) is 19.9 Å². The number of nitrogens with one attached hydrogen (secondary N) is 1. The van der Waals surface area contributed by atoms with Crippen LogP contribution in [0.2, 0.25) is 0 Å². The van der Waals surface area contributed by atoms with E-state index >= 15 is 0 Å². The third-order valence-electron chi connectivity index (χ3n) is 2.43. The zero-order chi connectivity index (χ0) is 15.4. The highest BCUT2D eigenvalue weighted by atomic mass is 16.6. The van der Waals surface area contributed by atoms with Gasteiger partial charge in [-0.1, -0.05) is 0 Å². The van der Waals surface area contributed by atoms with Crippen LogP contribution in [0.5, 0.6) is 0 Å². The summed E-state index contributed by atoms with van der Waals surface area (Å²) in [6.07, 6.45) is 0. The van der Waals surface area contributed by atoms with E-state index in [9.17, 15) is 19.7 Å². The first kappa shape index (κ1) is 15.3. The number of rotatable bonds is 5. The standard InChI is InChI=1S/C11H13N3O6/c1-5-4-7(11(17)20-3)8(14(18)19)9(12-5)13-6(2)10(15)16/h4,6H,1-3H3,(H,12,13)(H,15,16)/t6-/m1/s1. The number of carbonyl (C=O) groups excluding carboxylic acids is 1. The molecule has 1 rings (SSSR count). The zero-order valence-corrected chi connectivity index (χ0v) is 11.0. The zero-order valence-electron chi connectivity index (χ0n) is 11.0. The third-order valence-corrected chi connectivity index (χ3v) is 2.43. The van der Waals surface area contributed by atoms with E-state index in [1.807, 2.05) is 0 Å². The Morgan fingerprint density at radius 1 is 1.55 bits per heavy atom. The molecule has 1 heterocycles. The summed E-state index contributed by atoms with van der Waals surface area (Å²) in [5, 5.41) is 22.3. The van der Waals surface area contributed by atoms with Gasteiger partial charge in [-0.25, -0.2) is 9.78 Å². The van der Waals surface area contributed by atoms with Crippen molar-refractivity contribution in [3.05, 3.63) is 27.4 Å². The molecule has 0 amide bonds. The van der Waals surface area contributed by atoms with Gasteiger partial charge >= 0.3 is 17.6 Å². The van der Waals surface area contributed by atoms with Gasteiger partial charge in [-0.05, 0) is 19.9 Å². The molecule has 9 nitrogen and oxygen atoms in total. The largest absolute Gasteiger partial charge is 0.480 e. The van der Waals surface area contributed by atoms with Gasteiger partial charge in [0.2, 0.25) is 5.82 Å². The van der Waals surface area contributed by atoms with E-state index in [1.165, 1.54) is 19.9 Å². The Hall–Kier alpha value is -2.71. The Labute approximate surface area is 113 Å². The lowest BCUT2D eigenvalue weighted by molar-refractivity contribution is -0.384. The fourth-order valence-electron chi connectivity index (χ4n) is 1.48. The molecule has 0 aromatic carbocycles. The lowest BCUT2D eigenvalue weighted by Gasteiger charge is -2.12. The number of pyridine rings is 1. The number of hydrogen-bond donors (Lipinski definition) is 2. The second kappa shape index (κ2) is 5.95. The lowest BCUT2D eigenvalue weighted by atomic mass is 10.1. The number of carboxylic acid groups (broad SMARTS) is 1. The van der Waals surface area contributed by atoms with Crippen LogP contribution in [0.4, 0.5) is 11.5 Å². The molecule has 1 aromatic rings. The summed E-state index contributed by atoms with van der Waals surface area (Å²) in [5.74, 6) is -2.39. The summed E-state index contributed by atoms with van der Waals surface area (Å²) in [7, 11) is 1.09. The number of ether oxygens (including phenoxy) is 1. The molecule has 0 aliphatic rings. The van der Waals surface area contributed by atoms with Crippen molar-refractivity contribution in [1.82, 2.24) is 4.98 Å². The van der Waals surface area contributed by atoms with Gasteiger partial charge in [-0.2, -0.15) is 0 Å². The smallest absolute Gasteiger partial charge is 0.345 e. The number of nitrogens with zero attached hydrogens (tertiary/aromatic N) is 2. The predicted molar refractivity (Wildman–Crippen MR) is 67.7 cm³/mol. The van der Waals surface area contributed by atoms with Crippen molar-refractivity contribution < 1.29 is 24.4 Å². The summed E-state index contributed by atoms with van der Waals surface area (Å²) in [6, 6.07) is 0.106. The highest BCUT2D eigenvalue weighted by molar-refractivity contribution is 5.96. The Morgan fingerprint density at radius 3 is 2.60 bits per heavy atom. The Bertz CT molecular complexity index is 572. The van der Waals surface area contributed by atoms with E-state index in [1.54, 1.807) is 0 Å². The summed E-state index contributed by atoms with van der Waals surface area (Å²) in [6.45, 7) is 2.82. The van der Waals surface area contributed by atoms with Gasteiger partial charge in [-0.3, -0.25) is 14.9 Å². The van der Waals surface area contributed by atoms with Gasteiger partial charge in [-0.15, -0.1) is 0 Å². The third kappa shape index (κ3) is 3.19. The van der Waals surface area contributed by atoms with Crippen LogP contribution in [0.3, 0.4) is 0 Å². The van der Waals surface area contributed by atoms with Crippen LogP contribution in [-0.4, -0.2) is 40.1 Å². The van der Waals surface area contributed by atoms with E-state index in [0.717, 1.165) is 7.11 Å². The number of anilines is 1. The van der Waals surface area contributed by atoms with Crippen molar-refractivity contribution in [3.8, 4) is 0 Å². The minimum Gasteiger partial charge on any atom is -0.480 e. The maximum atomic E-state index is 11.6. The molecule has 2 N–H and O–H groups in total. The van der Waals surface area contributed by atoms with Gasteiger partial charge in [0, 0.05) is 5.69 Å². The molecular formula is C11H13N3O6. The molecule has 1 atom stereocenters. The molecule has 9 heteroatoms. The van der Waals surface area contributed by atoms with Gasteiger partial charge in [0.15, 0.2) is 0 Å². The molecule has 1 aromatic heterocycles. The molecule has 0 saturated carbocycles. The van der Waals surface area contributed by atoms with E-state index in [-0.39, 0.29) is 11.4 Å². The number of esters is 1. The van der Waals surface area contributed by atoms with Crippen LogP contribution >= 0.6 is 0 Å². The fraction of sp³-hybridized carbons (Fsp3) is 0.364. The number of nitro groups is 1. The van der Waals surface area contributed by atoms with Crippen LogP contribution < -0.4 is 5.32 Å². The van der Waals surface area contributed by atoms with E-state index < -0.39 is 28.6 Å². The van der Waals surface area contributed by atoms with Gasteiger partial charge in [0.25, 0.3) is 0 Å². The monoisotopic (exact) mass is 283 g/mol. The molecule has 0 aliphatic heterocycles.